The first kappa shape index (κ1) is 9.53. The van der Waals surface area contributed by atoms with E-state index in [2.05, 4.69) is 20.1 Å². The topological polar surface area (TPSA) is 85.4 Å². The van der Waals surface area contributed by atoms with Gasteiger partial charge >= 0.3 is 0 Å². The molecule has 0 radical (unpaired) electrons. The van der Waals surface area contributed by atoms with Gasteiger partial charge in [-0.25, -0.2) is 14.6 Å². The maximum absolute atomic E-state index is 6.19. The van der Waals surface area contributed by atoms with Crippen LogP contribution in [0.15, 0.2) is 12.5 Å². The highest BCUT2D eigenvalue weighted by Gasteiger charge is 2.37. The van der Waals surface area contributed by atoms with Crippen LogP contribution in [0.5, 0.6) is 0 Å². The van der Waals surface area contributed by atoms with Crippen LogP contribution < -0.4 is 5.73 Å². The zero-order valence-corrected chi connectivity index (χ0v) is 9.14. The van der Waals surface area contributed by atoms with Gasteiger partial charge in [0, 0.05) is 7.05 Å². The quantitative estimate of drug-likeness (QED) is 0.770. The summed E-state index contributed by atoms with van der Waals surface area (Å²) in [5, 5.41) is 4.03. The molecule has 2 aromatic rings. The molecular weight excluding hydrogens is 204 g/mol. The molecule has 1 aliphatic rings. The normalized spacial score (nSPS) is 18.4. The SMILES string of the molecule is Cn1ncnc1-c1cnc(C2(N)CCC2)[nH]1. The van der Waals surface area contributed by atoms with Crippen LogP contribution >= 0.6 is 0 Å². The van der Waals surface area contributed by atoms with Crippen LogP contribution in [0.3, 0.4) is 0 Å². The lowest BCUT2D eigenvalue weighted by atomic mass is 9.77. The van der Waals surface area contributed by atoms with Gasteiger partial charge in [0.2, 0.25) is 0 Å². The fourth-order valence-corrected chi connectivity index (χ4v) is 2.02. The number of nitrogens with zero attached hydrogens (tertiary/aromatic N) is 4. The number of hydrogen-bond acceptors (Lipinski definition) is 4. The van der Waals surface area contributed by atoms with Crippen molar-refractivity contribution in [3.8, 4) is 11.5 Å². The van der Waals surface area contributed by atoms with Gasteiger partial charge in [-0.05, 0) is 19.3 Å². The molecule has 0 aliphatic heterocycles. The molecule has 2 heterocycles. The molecule has 0 saturated heterocycles. The van der Waals surface area contributed by atoms with Gasteiger partial charge in [-0.3, -0.25) is 0 Å². The van der Waals surface area contributed by atoms with Gasteiger partial charge in [0.1, 0.15) is 17.8 Å². The molecule has 6 heteroatoms. The average molecular weight is 218 g/mol. The summed E-state index contributed by atoms with van der Waals surface area (Å²) in [6.07, 6.45) is 6.47. The Kier molecular flexibility index (Phi) is 1.88. The number of rotatable bonds is 2. The van der Waals surface area contributed by atoms with Crippen molar-refractivity contribution in [1.29, 1.82) is 0 Å². The van der Waals surface area contributed by atoms with E-state index in [0.29, 0.717) is 0 Å². The number of nitrogens with one attached hydrogen (secondary N) is 1. The minimum Gasteiger partial charge on any atom is -0.338 e. The van der Waals surface area contributed by atoms with Gasteiger partial charge < -0.3 is 10.7 Å². The van der Waals surface area contributed by atoms with Crippen molar-refractivity contribution in [2.24, 2.45) is 12.8 Å². The Bertz CT molecular complexity index is 507. The molecule has 0 bridgehead atoms. The molecule has 3 N–H and O–H groups in total. The highest BCUT2D eigenvalue weighted by atomic mass is 15.3. The fourth-order valence-electron chi connectivity index (χ4n) is 2.02. The van der Waals surface area contributed by atoms with E-state index in [9.17, 15) is 0 Å². The van der Waals surface area contributed by atoms with Gasteiger partial charge in [0.15, 0.2) is 5.82 Å². The van der Waals surface area contributed by atoms with Crippen LogP contribution in [0, 0.1) is 0 Å². The van der Waals surface area contributed by atoms with Crippen molar-refractivity contribution in [2.45, 2.75) is 24.8 Å². The molecule has 0 amide bonds. The zero-order valence-electron chi connectivity index (χ0n) is 9.14. The average Bonchev–Trinajstić information content (AvgIpc) is 2.82. The molecule has 1 fully saturated rings. The molecule has 16 heavy (non-hydrogen) atoms. The van der Waals surface area contributed by atoms with E-state index in [1.54, 1.807) is 10.9 Å². The van der Waals surface area contributed by atoms with E-state index in [-0.39, 0.29) is 5.54 Å². The Balaban J connectivity index is 1.97. The lowest BCUT2D eigenvalue weighted by Gasteiger charge is -2.35. The van der Waals surface area contributed by atoms with Crippen LogP contribution in [-0.2, 0) is 12.6 Å². The number of aryl methyl sites for hydroxylation is 1. The summed E-state index contributed by atoms with van der Waals surface area (Å²) in [6, 6.07) is 0. The summed E-state index contributed by atoms with van der Waals surface area (Å²) in [6.45, 7) is 0. The zero-order chi connectivity index (χ0) is 11.2. The van der Waals surface area contributed by atoms with Gasteiger partial charge in [-0.1, -0.05) is 0 Å². The highest BCUT2D eigenvalue weighted by Crippen LogP contribution is 2.37. The summed E-state index contributed by atoms with van der Waals surface area (Å²) >= 11 is 0. The molecule has 2 aromatic heterocycles. The fraction of sp³-hybridized carbons (Fsp3) is 0.500. The maximum atomic E-state index is 6.19. The summed E-state index contributed by atoms with van der Waals surface area (Å²) in [4.78, 5) is 11.7. The lowest BCUT2D eigenvalue weighted by Crippen LogP contribution is -2.44. The molecule has 0 unspecified atom stereocenters. The number of hydrogen-bond donors (Lipinski definition) is 2. The summed E-state index contributed by atoms with van der Waals surface area (Å²) < 4.78 is 1.71. The highest BCUT2D eigenvalue weighted by molar-refractivity contribution is 5.48. The van der Waals surface area contributed by atoms with Crippen molar-refractivity contribution >= 4 is 0 Å². The Morgan fingerprint density at radius 1 is 1.44 bits per heavy atom. The molecule has 1 saturated carbocycles. The second kappa shape index (κ2) is 3.15. The van der Waals surface area contributed by atoms with Crippen molar-refractivity contribution in [3.63, 3.8) is 0 Å². The van der Waals surface area contributed by atoms with Gasteiger partial charge in [-0.15, -0.1) is 0 Å². The first-order chi connectivity index (χ1) is 7.69. The van der Waals surface area contributed by atoms with Crippen LogP contribution in [0.2, 0.25) is 0 Å². The largest absolute Gasteiger partial charge is 0.338 e. The van der Waals surface area contributed by atoms with E-state index in [4.69, 9.17) is 5.73 Å². The number of H-pyrrole nitrogens is 1. The van der Waals surface area contributed by atoms with E-state index in [1.807, 2.05) is 7.05 Å². The van der Waals surface area contributed by atoms with Crippen molar-refractivity contribution in [3.05, 3.63) is 18.3 Å². The summed E-state index contributed by atoms with van der Waals surface area (Å²) in [5.74, 6) is 1.64. The second-order valence-electron chi connectivity index (χ2n) is 4.36. The molecule has 0 aromatic carbocycles. The monoisotopic (exact) mass is 218 g/mol. The van der Waals surface area contributed by atoms with Crippen LogP contribution in [0.4, 0.5) is 0 Å². The molecule has 0 spiro atoms. The third-order valence-electron chi connectivity index (χ3n) is 3.25. The van der Waals surface area contributed by atoms with Gasteiger partial charge in [-0.2, -0.15) is 5.10 Å². The van der Waals surface area contributed by atoms with Crippen molar-refractivity contribution in [1.82, 2.24) is 24.7 Å². The van der Waals surface area contributed by atoms with E-state index in [1.165, 1.54) is 12.7 Å². The van der Waals surface area contributed by atoms with Gasteiger partial charge in [0.05, 0.1) is 11.7 Å². The Hall–Kier alpha value is -1.69. The van der Waals surface area contributed by atoms with Crippen LogP contribution in [0.1, 0.15) is 25.1 Å². The number of nitrogens with two attached hydrogens (primary N) is 1. The molecular formula is C10H14N6. The second-order valence-corrected chi connectivity index (χ2v) is 4.36. The summed E-state index contributed by atoms with van der Waals surface area (Å²) in [7, 11) is 1.85. The molecule has 1 aliphatic carbocycles. The molecule has 6 nitrogen and oxygen atoms in total. The lowest BCUT2D eigenvalue weighted by molar-refractivity contribution is 0.240. The smallest absolute Gasteiger partial charge is 0.175 e. The minimum atomic E-state index is -0.253. The Morgan fingerprint density at radius 2 is 2.25 bits per heavy atom. The third kappa shape index (κ3) is 1.26. The number of aromatic amines is 1. The van der Waals surface area contributed by atoms with Crippen LogP contribution in [0.25, 0.3) is 11.5 Å². The first-order valence-electron chi connectivity index (χ1n) is 5.38. The number of aromatic nitrogens is 5. The standard InChI is InChI=1S/C10H14N6/c1-16-8(13-6-14-16)7-5-12-9(15-7)10(11)3-2-4-10/h5-6H,2-4,11H2,1H3,(H,12,15). The van der Waals surface area contributed by atoms with E-state index in [0.717, 1.165) is 30.2 Å². The van der Waals surface area contributed by atoms with Gasteiger partial charge in [0.25, 0.3) is 0 Å². The molecule has 3 rings (SSSR count). The Labute approximate surface area is 92.9 Å². The number of imidazole rings is 1. The van der Waals surface area contributed by atoms with Crippen LogP contribution in [-0.4, -0.2) is 24.7 Å². The van der Waals surface area contributed by atoms with E-state index < -0.39 is 0 Å². The van der Waals surface area contributed by atoms with Crippen molar-refractivity contribution < 1.29 is 0 Å². The predicted molar refractivity (Wildman–Crippen MR) is 58.3 cm³/mol. The third-order valence-corrected chi connectivity index (χ3v) is 3.25. The predicted octanol–water partition coefficient (Wildman–Crippen LogP) is 0.543. The first-order valence-corrected chi connectivity index (χ1v) is 5.38. The molecule has 0 atom stereocenters. The van der Waals surface area contributed by atoms with E-state index >= 15 is 0 Å². The summed E-state index contributed by atoms with van der Waals surface area (Å²) in [5.41, 5.74) is 6.81. The maximum Gasteiger partial charge on any atom is 0.175 e. The van der Waals surface area contributed by atoms with Crippen molar-refractivity contribution in [2.75, 3.05) is 0 Å². The Morgan fingerprint density at radius 3 is 2.81 bits per heavy atom. The molecule has 84 valence electrons. The minimum absolute atomic E-state index is 0.253.